The van der Waals surface area contributed by atoms with Gasteiger partial charge in [-0.2, -0.15) is 0 Å². The summed E-state index contributed by atoms with van der Waals surface area (Å²) < 4.78 is 17.5. The van der Waals surface area contributed by atoms with Gasteiger partial charge in [0.25, 0.3) is 0 Å². The summed E-state index contributed by atoms with van der Waals surface area (Å²) in [4.78, 5) is 19.8. The summed E-state index contributed by atoms with van der Waals surface area (Å²) in [5.41, 5.74) is 1.80. The number of methoxy groups -OCH3 is 1. The van der Waals surface area contributed by atoms with Crippen molar-refractivity contribution >= 4 is 44.5 Å². The van der Waals surface area contributed by atoms with Gasteiger partial charge in [-0.25, -0.2) is 4.99 Å². The Bertz CT molecular complexity index is 965. The molecule has 0 N–H and O–H groups in total. The quantitative estimate of drug-likeness (QED) is 0.393. The van der Waals surface area contributed by atoms with Crippen LogP contribution in [0.3, 0.4) is 0 Å². The SMILES string of the molecule is CCCN1C(=O)[C@H](Cc2cc(OCC)c(OC)cc2Br)SC1=Nc1ccc(OCC)cc1. The lowest BCUT2D eigenvalue weighted by Crippen LogP contribution is -2.33. The Labute approximate surface area is 202 Å². The van der Waals surface area contributed by atoms with Gasteiger partial charge in [-0.15, -0.1) is 0 Å². The Morgan fingerprint density at radius 3 is 2.41 bits per heavy atom. The van der Waals surface area contributed by atoms with E-state index < -0.39 is 0 Å². The summed E-state index contributed by atoms with van der Waals surface area (Å²) >= 11 is 5.13. The molecule has 8 heteroatoms. The summed E-state index contributed by atoms with van der Waals surface area (Å²) in [6, 6.07) is 11.5. The lowest BCUT2D eigenvalue weighted by atomic mass is 10.1. The van der Waals surface area contributed by atoms with Crippen LogP contribution in [0.5, 0.6) is 17.2 Å². The van der Waals surface area contributed by atoms with E-state index >= 15 is 0 Å². The molecule has 0 saturated carbocycles. The van der Waals surface area contributed by atoms with Crippen LogP contribution >= 0.6 is 27.7 Å². The van der Waals surface area contributed by atoms with Gasteiger partial charge in [0.15, 0.2) is 16.7 Å². The molecule has 1 amide bonds. The van der Waals surface area contributed by atoms with Crippen molar-refractivity contribution < 1.29 is 19.0 Å². The topological polar surface area (TPSA) is 60.4 Å². The monoisotopic (exact) mass is 520 g/mol. The fourth-order valence-corrected chi connectivity index (χ4v) is 5.11. The van der Waals surface area contributed by atoms with E-state index in [1.54, 1.807) is 12.0 Å². The minimum Gasteiger partial charge on any atom is -0.494 e. The molecule has 32 heavy (non-hydrogen) atoms. The molecule has 0 aliphatic carbocycles. The number of rotatable bonds is 10. The van der Waals surface area contributed by atoms with E-state index in [0.717, 1.165) is 33.1 Å². The predicted octanol–water partition coefficient (Wildman–Crippen LogP) is 5.84. The van der Waals surface area contributed by atoms with Gasteiger partial charge in [0.2, 0.25) is 5.91 Å². The predicted molar refractivity (Wildman–Crippen MR) is 134 cm³/mol. The molecule has 2 aromatic carbocycles. The zero-order chi connectivity index (χ0) is 23.1. The zero-order valence-electron chi connectivity index (χ0n) is 18.9. The first kappa shape index (κ1) is 24.5. The molecule has 1 aliphatic rings. The van der Waals surface area contributed by atoms with Gasteiger partial charge >= 0.3 is 0 Å². The van der Waals surface area contributed by atoms with Crippen LogP contribution in [0.25, 0.3) is 0 Å². The first-order valence-electron chi connectivity index (χ1n) is 10.8. The molecule has 0 aromatic heterocycles. The third kappa shape index (κ3) is 5.78. The lowest BCUT2D eigenvalue weighted by molar-refractivity contribution is -0.126. The molecule has 1 atom stereocenters. The van der Waals surface area contributed by atoms with Gasteiger partial charge in [-0.3, -0.25) is 9.69 Å². The number of halogens is 1. The smallest absolute Gasteiger partial charge is 0.242 e. The summed E-state index contributed by atoms with van der Waals surface area (Å²) in [6.45, 7) is 7.76. The van der Waals surface area contributed by atoms with Crippen molar-refractivity contribution in [1.29, 1.82) is 0 Å². The van der Waals surface area contributed by atoms with E-state index in [2.05, 4.69) is 22.9 Å². The van der Waals surface area contributed by atoms with Crippen LogP contribution in [-0.2, 0) is 11.2 Å². The highest BCUT2D eigenvalue weighted by atomic mass is 79.9. The van der Waals surface area contributed by atoms with Gasteiger partial charge in [0, 0.05) is 11.0 Å². The van der Waals surface area contributed by atoms with E-state index in [1.807, 2.05) is 50.2 Å². The van der Waals surface area contributed by atoms with Gasteiger partial charge in [-0.1, -0.05) is 34.6 Å². The molecule has 172 valence electrons. The normalized spacial score (nSPS) is 17.2. The van der Waals surface area contributed by atoms with E-state index in [-0.39, 0.29) is 11.2 Å². The molecule has 1 fully saturated rings. The molecule has 0 bridgehead atoms. The molecule has 6 nitrogen and oxygen atoms in total. The van der Waals surface area contributed by atoms with Crippen LogP contribution in [0.15, 0.2) is 45.9 Å². The number of amidine groups is 1. The summed E-state index contributed by atoms with van der Waals surface area (Å²) in [6.07, 6.45) is 1.43. The van der Waals surface area contributed by atoms with Crippen molar-refractivity contribution in [2.75, 3.05) is 26.9 Å². The number of aliphatic imine (C=N–C) groups is 1. The van der Waals surface area contributed by atoms with Crippen molar-refractivity contribution in [2.45, 2.75) is 38.9 Å². The number of nitrogens with zero attached hydrogens (tertiary/aromatic N) is 2. The Morgan fingerprint density at radius 1 is 1.06 bits per heavy atom. The molecule has 0 unspecified atom stereocenters. The average Bonchev–Trinajstić information content (AvgIpc) is 3.06. The molecule has 2 aromatic rings. The molecule has 1 aliphatic heterocycles. The number of thioether (sulfide) groups is 1. The standard InChI is InChI=1S/C24H29BrN2O4S/c1-5-12-27-23(28)22(14-16-13-21(31-7-3)20(29-4)15-19(16)25)32-24(27)26-17-8-10-18(11-9-17)30-6-2/h8-11,13,15,22H,5-7,12,14H2,1-4H3/t22-/m0/s1. The summed E-state index contributed by atoms with van der Waals surface area (Å²) in [7, 11) is 1.62. The fraction of sp³-hybridized carbons (Fsp3) is 0.417. The highest BCUT2D eigenvalue weighted by Gasteiger charge is 2.38. The molecule has 1 heterocycles. The van der Waals surface area contributed by atoms with Crippen LogP contribution in [0, 0.1) is 0 Å². The summed E-state index contributed by atoms with van der Waals surface area (Å²) in [5, 5.41) is 0.489. The summed E-state index contributed by atoms with van der Waals surface area (Å²) in [5.74, 6) is 2.24. The Kier molecular flexibility index (Phi) is 8.87. The molecular formula is C24H29BrN2O4S. The van der Waals surface area contributed by atoms with Gasteiger partial charge in [-0.05, 0) is 68.7 Å². The van der Waals surface area contributed by atoms with Crippen molar-refractivity contribution in [1.82, 2.24) is 4.90 Å². The largest absolute Gasteiger partial charge is 0.494 e. The van der Waals surface area contributed by atoms with Crippen LogP contribution in [0.1, 0.15) is 32.8 Å². The van der Waals surface area contributed by atoms with Crippen LogP contribution in [0.4, 0.5) is 5.69 Å². The molecule has 0 radical (unpaired) electrons. The third-order valence-corrected chi connectivity index (χ3v) is 6.79. The van der Waals surface area contributed by atoms with Crippen molar-refractivity contribution in [3.8, 4) is 17.2 Å². The zero-order valence-corrected chi connectivity index (χ0v) is 21.3. The minimum absolute atomic E-state index is 0.0854. The fourth-order valence-electron chi connectivity index (χ4n) is 3.41. The van der Waals surface area contributed by atoms with Gasteiger partial charge < -0.3 is 14.2 Å². The molecule has 1 saturated heterocycles. The minimum atomic E-state index is -0.248. The Morgan fingerprint density at radius 2 is 1.78 bits per heavy atom. The Balaban J connectivity index is 1.84. The second-order valence-electron chi connectivity index (χ2n) is 7.15. The van der Waals surface area contributed by atoms with E-state index in [4.69, 9.17) is 19.2 Å². The van der Waals surface area contributed by atoms with Crippen molar-refractivity contribution in [2.24, 2.45) is 4.99 Å². The van der Waals surface area contributed by atoms with E-state index in [9.17, 15) is 4.79 Å². The number of carbonyl (C=O) groups is 1. The number of carbonyl (C=O) groups excluding carboxylic acids is 1. The maximum atomic E-state index is 13.2. The molecule has 0 spiro atoms. The highest BCUT2D eigenvalue weighted by molar-refractivity contribution is 9.10. The van der Waals surface area contributed by atoms with Crippen LogP contribution in [0.2, 0.25) is 0 Å². The van der Waals surface area contributed by atoms with E-state index in [0.29, 0.717) is 37.7 Å². The third-order valence-electron chi connectivity index (χ3n) is 4.88. The van der Waals surface area contributed by atoms with Gasteiger partial charge in [0.05, 0.1) is 31.3 Å². The molecule has 3 rings (SSSR count). The van der Waals surface area contributed by atoms with E-state index in [1.165, 1.54) is 11.8 Å². The molecular weight excluding hydrogens is 492 g/mol. The average molecular weight is 521 g/mol. The van der Waals surface area contributed by atoms with Gasteiger partial charge in [0.1, 0.15) is 5.75 Å². The van der Waals surface area contributed by atoms with Crippen molar-refractivity contribution in [3.05, 3.63) is 46.4 Å². The van der Waals surface area contributed by atoms with Crippen LogP contribution < -0.4 is 14.2 Å². The maximum Gasteiger partial charge on any atom is 0.242 e. The van der Waals surface area contributed by atoms with Crippen molar-refractivity contribution in [3.63, 3.8) is 0 Å². The first-order valence-corrected chi connectivity index (χ1v) is 12.5. The second kappa shape index (κ2) is 11.6. The van der Waals surface area contributed by atoms with Crippen LogP contribution in [-0.4, -0.2) is 48.1 Å². The number of ether oxygens (including phenoxy) is 3. The second-order valence-corrected chi connectivity index (χ2v) is 9.17. The first-order chi connectivity index (χ1) is 15.5. The highest BCUT2D eigenvalue weighted by Crippen LogP contribution is 2.38. The lowest BCUT2D eigenvalue weighted by Gasteiger charge is -2.16. The number of benzene rings is 2. The Hall–Kier alpha value is -2.19. The maximum absolute atomic E-state index is 13.2. The number of amides is 1. The number of hydrogen-bond donors (Lipinski definition) is 0. The number of hydrogen-bond acceptors (Lipinski definition) is 6.